The number of rotatable bonds is 4. The summed E-state index contributed by atoms with van der Waals surface area (Å²) in [5.41, 5.74) is -1.22. The number of hydrogen-bond acceptors (Lipinski definition) is 3. The quantitative estimate of drug-likeness (QED) is 0.879. The zero-order chi connectivity index (χ0) is 16.3. The predicted octanol–water partition coefficient (Wildman–Crippen LogP) is 2.84. The lowest BCUT2D eigenvalue weighted by molar-refractivity contribution is -0.149. The number of carbonyl (C=O) groups excluding carboxylic acids is 1. The highest BCUT2D eigenvalue weighted by molar-refractivity contribution is 6.42. The van der Waals surface area contributed by atoms with Crippen LogP contribution in [0.2, 0.25) is 10.0 Å². The van der Waals surface area contributed by atoms with Crippen molar-refractivity contribution in [3.05, 3.63) is 33.8 Å². The normalized spacial score (nSPS) is 21.0. The molecule has 2 rings (SSSR count). The molecule has 2 atom stereocenters. The number of carboxylic acids is 1. The molecule has 1 aromatic rings. The maximum absolute atomic E-state index is 12.3. The van der Waals surface area contributed by atoms with E-state index >= 15 is 0 Å². The first kappa shape index (κ1) is 17.1. The number of carbonyl (C=O) groups is 2. The SMILES string of the molecule is C[C@](NC(=O)[C@@H]1CCCOC1)(C(=O)O)c1ccc(Cl)c(Cl)c1. The van der Waals surface area contributed by atoms with Crippen LogP contribution in [0.3, 0.4) is 0 Å². The Hall–Kier alpha value is -1.30. The highest BCUT2D eigenvalue weighted by Crippen LogP contribution is 2.29. The fourth-order valence-electron chi connectivity index (χ4n) is 2.35. The minimum atomic E-state index is -1.58. The summed E-state index contributed by atoms with van der Waals surface area (Å²) in [5.74, 6) is -1.85. The van der Waals surface area contributed by atoms with Gasteiger partial charge in [-0.05, 0) is 37.5 Å². The van der Waals surface area contributed by atoms with Crippen LogP contribution in [0.4, 0.5) is 0 Å². The average Bonchev–Trinajstić information content (AvgIpc) is 2.50. The van der Waals surface area contributed by atoms with Gasteiger partial charge in [0.25, 0.3) is 0 Å². The van der Waals surface area contributed by atoms with Gasteiger partial charge in [-0.3, -0.25) is 4.79 Å². The van der Waals surface area contributed by atoms with Gasteiger partial charge in [-0.2, -0.15) is 0 Å². The van der Waals surface area contributed by atoms with Gasteiger partial charge in [0.05, 0.1) is 22.6 Å². The Morgan fingerprint density at radius 3 is 2.64 bits per heavy atom. The second-order valence-electron chi connectivity index (χ2n) is 5.46. The molecule has 0 unspecified atom stereocenters. The summed E-state index contributed by atoms with van der Waals surface area (Å²) in [6, 6.07) is 4.51. The third kappa shape index (κ3) is 3.54. The summed E-state index contributed by atoms with van der Waals surface area (Å²) in [5, 5.41) is 12.7. The van der Waals surface area contributed by atoms with E-state index in [0.717, 1.165) is 6.42 Å². The number of nitrogens with one attached hydrogen (secondary N) is 1. The molecule has 1 fully saturated rings. The Labute approximate surface area is 138 Å². The average molecular weight is 346 g/mol. The van der Waals surface area contributed by atoms with Crippen LogP contribution < -0.4 is 5.32 Å². The van der Waals surface area contributed by atoms with E-state index in [9.17, 15) is 14.7 Å². The van der Waals surface area contributed by atoms with E-state index < -0.39 is 11.5 Å². The van der Waals surface area contributed by atoms with Gasteiger partial charge in [-0.25, -0.2) is 4.79 Å². The molecule has 120 valence electrons. The number of hydrogen-bond donors (Lipinski definition) is 2. The van der Waals surface area contributed by atoms with Crippen LogP contribution in [0.5, 0.6) is 0 Å². The minimum absolute atomic E-state index is 0.238. The van der Waals surface area contributed by atoms with Crippen molar-refractivity contribution >= 4 is 35.1 Å². The second kappa shape index (κ2) is 6.86. The van der Waals surface area contributed by atoms with Crippen LogP contribution in [0.25, 0.3) is 0 Å². The molecule has 1 aliphatic heterocycles. The van der Waals surface area contributed by atoms with Crippen molar-refractivity contribution < 1.29 is 19.4 Å². The first-order chi connectivity index (χ1) is 10.3. The Morgan fingerprint density at radius 2 is 2.09 bits per heavy atom. The number of ether oxygens (including phenoxy) is 1. The van der Waals surface area contributed by atoms with E-state index in [4.69, 9.17) is 27.9 Å². The van der Waals surface area contributed by atoms with Gasteiger partial charge in [0.15, 0.2) is 5.54 Å². The zero-order valence-corrected chi connectivity index (χ0v) is 13.6. The Bertz CT molecular complexity index is 587. The van der Waals surface area contributed by atoms with Crippen molar-refractivity contribution in [3.63, 3.8) is 0 Å². The molecule has 5 nitrogen and oxygen atoms in total. The molecule has 2 N–H and O–H groups in total. The Balaban J connectivity index is 2.25. The van der Waals surface area contributed by atoms with E-state index in [1.807, 2.05) is 0 Å². The molecular formula is C15H17Cl2NO4. The van der Waals surface area contributed by atoms with Crippen molar-refractivity contribution in [1.29, 1.82) is 0 Å². The van der Waals surface area contributed by atoms with Crippen molar-refractivity contribution in [1.82, 2.24) is 5.32 Å². The van der Waals surface area contributed by atoms with Gasteiger partial charge in [-0.15, -0.1) is 0 Å². The lowest BCUT2D eigenvalue weighted by atomic mass is 9.90. The Morgan fingerprint density at radius 1 is 1.36 bits per heavy atom. The summed E-state index contributed by atoms with van der Waals surface area (Å²) in [7, 11) is 0. The zero-order valence-electron chi connectivity index (χ0n) is 12.1. The monoisotopic (exact) mass is 345 g/mol. The lowest BCUT2D eigenvalue weighted by Crippen LogP contribution is -2.52. The summed E-state index contributed by atoms with van der Waals surface area (Å²) in [6.07, 6.45) is 1.47. The number of halogens is 2. The molecule has 1 saturated heterocycles. The predicted molar refractivity (Wildman–Crippen MR) is 83.1 cm³/mol. The molecule has 1 aromatic carbocycles. The van der Waals surface area contributed by atoms with Crippen LogP contribution in [0.15, 0.2) is 18.2 Å². The summed E-state index contributed by atoms with van der Waals surface area (Å²) >= 11 is 11.8. The highest BCUT2D eigenvalue weighted by atomic mass is 35.5. The summed E-state index contributed by atoms with van der Waals surface area (Å²) in [6.45, 7) is 2.37. The van der Waals surface area contributed by atoms with Crippen molar-refractivity contribution in [2.24, 2.45) is 5.92 Å². The van der Waals surface area contributed by atoms with Gasteiger partial charge >= 0.3 is 5.97 Å². The van der Waals surface area contributed by atoms with Crippen LogP contribution >= 0.6 is 23.2 Å². The fourth-order valence-corrected chi connectivity index (χ4v) is 2.65. The van der Waals surface area contributed by atoms with E-state index in [0.29, 0.717) is 30.2 Å². The number of carboxylic acid groups (broad SMARTS) is 1. The van der Waals surface area contributed by atoms with E-state index in [1.54, 1.807) is 6.07 Å². The molecule has 0 radical (unpaired) electrons. The lowest BCUT2D eigenvalue weighted by Gasteiger charge is -2.30. The van der Waals surface area contributed by atoms with Gasteiger partial charge in [0.2, 0.25) is 5.91 Å². The molecule has 0 aromatic heterocycles. The first-order valence-corrected chi connectivity index (χ1v) is 7.69. The molecule has 0 bridgehead atoms. The summed E-state index contributed by atoms with van der Waals surface area (Å²) < 4.78 is 5.27. The van der Waals surface area contributed by atoms with Crippen LogP contribution in [0.1, 0.15) is 25.3 Å². The topological polar surface area (TPSA) is 75.6 Å². The second-order valence-corrected chi connectivity index (χ2v) is 6.28. The van der Waals surface area contributed by atoms with Gasteiger partial charge in [0, 0.05) is 6.61 Å². The van der Waals surface area contributed by atoms with E-state index in [1.165, 1.54) is 19.1 Å². The van der Waals surface area contributed by atoms with Crippen LogP contribution in [0, 0.1) is 5.92 Å². The molecular weight excluding hydrogens is 329 g/mol. The molecule has 7 heteroatoms. The fraction of sp³-hybridized carbons (Fsp3) is 0.467. The largest absolute Gasteiger partial charge is 0.479 e. The molecule has 1 amide bonds. The molecule has 0 saturated carbocycles. The van der Waals surface area contributed by atoms with Crippen molar-refractivity contribution in [3.8, 4) is 0 Å². The molecule has 22 heavy (non-hydrogen) atoms. The standard InChI is InChI=1S/C15H17Cl2NO4/c1-15(14(20)21,10-4-5-11(16)12(17)7-10)18-13(19)9-3-2-6-22-8-9/h4-5,7,9H,2-3,6,8H2,1H3,(H,18,19)(H,20,21)/t9-,15-/m1/s1. The summed E-state index contributed by atoms with van der Waals surface area (Å²) in [4.78, 5) is 24.0. The van der Waals surface area contributed by atoms with Gasteiger partial charge in [-0.1, -0.05) is 29.3 Å². The third-order valence-corrected chi connectivity index (χ3v) is 4.57. The Kier molecular flexibility index (Phi) is 5.32. The molecule has 1 heterocycles. The van der Waals surface area contributed by atoms with Crippen molar-refractivity contribution in [2.45, 2.75) is 25.3 Å². The number of aliphatic carboxylic acids is 1. The minimum Gasteiger partial charge on any atom is -0.479 e. The first-order valence-electron chi connectivity index (χ1n) is 6.93. The molecule has 0 aliphatic carbocycles. The van der Waals surface area contributed by atoms with E-state index in [-0.39, 0.29) is 16.8 Å². The molecule has 0 spiro atoms. The van der Waals surface area contributed by atoms with Crippen LogP contribution in [-0.2, 0) is 19.9 Å². The van der Waals surface area contributed by atoms with Gasteiger partial charge < -0.3 is 15.2 Å². The van der Waals surface area contributed by atoms with Gasteiger partial charge in [0.1, 0.15) is 0 Å². The van der Waals surface area contributed by atoms with Crippen molar-refractivity contribution in [2.75, 3.05) is 13.2 Å². The van der Waals surface area contributed by atoms with Crippen LogP contribution in [-0.4, -0.2) is 30.2 Å². The maximum atomic E-state index is 12.3. The number of benzene rings is 1. The highest BCUT2D eigenvalue weighted by Gasteiger charge is 2.39. The third-order valence-electron chi connectivity index (χ3n) is 3.83. The van der Waals surface area contributed by atoms with E-state index in [2.05, 4.69) is 5.32 Å². The number of amides is 1. The smallest absolute Gasteiger partial charge is 0.333 e. The molecule has 1 aliphatic rings. The maximum Gasteiger partial charge on any atom is 0.333 e.